The first kappa shape index (κ1) is 11.2. The molecule has 0 unspecified atom stereocenters. The molecular weight excluding hydrogens is 150 g/mol. The minimum atomic E-state index is 0.168. The molecule has 0 aliphatic heterocycles. The topological polar surface area (TPSA) is 29.1 Å². The summed E-state index contributed by atoms with van der Waals surface area (Å²) in [6.45, 7) is 4.91. The van der Waals surface area contributed by atoms with Crippen LogP contribution in [0.2, 0.25) is 0 Å². The first-order valence-electron chi connectivity index (χ1n) is 4.69. The van der Waals surface area contributed by atoms with E-state index in [-0.39, 0.29) is 5.91 Å². The Hall–Kier alpha value is -0.790. The summed E-state index contributed by atoms with van der Waals surface area (Å²) in [6, 6.07) is 0. The van der Waals surface area contributed by atoms with Crippen LogP contribution in [-0.2, 0) is 4.79 Å². The fourth-order valence-corrected chi connectivity index (χ4v) is 0.874. The molecule has 12 heavy (non-hydrogen) atoms. The first-order valence-corrected chi connectivity index (χ1v) is 4.69. The van der Waals surface area contributed by atoms with Crippen molar-refractivity contribution in [3.63, 3.8) is 0 Å². The summed E-state index contributed by atoms with van der Waals surface area (Å²) in [6.07, 6.45) is 7.67. The van der Waals surface area contributed by atoms with Crippen molar-refractivity contribution in [1.82, 2.24) is 5.32 Å². The largest absolute Gasteiger partial charge is 0.356 e. The molecule has 70 valence electrons. The highest BCUT2D eigenvalue weighted by molar-refractivity contribution is 5.75. The Balaban J connectivity index is 3.21. The average molecular weight is 169 g/mol. The second-order valence-corrected chi connectivity index (χ2v) is 2.81. The molecule has 0 aromatic heterocycles. The van der Waals surface area contributed by atoms with Gasteiger partial charge in [-0.1, -0.05) is 25.5 Å². The van der Waals surface area contributed by atoms with Crippen molar-refractivity contribution in [3.05, 3.63) is 12.2 Å². The molecule has 0 spiro atoms. The smallest absolute Gasteiger partial charge is 0.220 e. The standard InChI is InChI=1S/C10H19NO/c1-3-5-7-8-10(12)11-9-6-4-2/h3,5H,4,6-9H2,1-2H3,(H,11,12)/b5-3+. The number of nitrogens with one attached hydrogen (secondary N) is 1. The van der Waals surface area contributed by atoms with Crippen LogP contribution in [-0.4, -0.2) is 12.5 Å². The molecule has 0 radical (unpaired) electrons. The lowest BCUT2D eigenvalue weighted by Crippen LogP contribution is -2.23. The van der Waals surface area contributed by atoms with Crippen LogP contribution in [0.1, 0.15) is 39.5 Å². The average Bonchev–Trinajstić information content (AvgIpc) is 2.06. The Kier molecular flexibility index (Phi) is 7.76. The van der Waals surface area contributed by atoms with Crippen molar-refractivity contribution in [2.75, 3.05) is 6.54 Å². The van der Waals surface area contributed by atoms with Crippen LogP contribution in [0.5, 0.6) is 0 Å². The Labute approximate surface area is 75.0 Å². The molecule has 0 saturated carbocycles. The summed E-state index contributed by atoms with van der Waals surface area (Å²) in [7, 11) is 0. The van der Waals surface area contributed by atoms with Gasteiger partial charge in [-0.2, -0.15) is 0 Å². The lowest BCUT2D eigenvalue weighted by Gasteiger charge is -2.01. The number of hydrogen-bond acceptors (Lipinski definition) is 1. The fraction of sp³-hybridized carbons (Fsp3) is 0.700. The molecule has 0 fully saturated rings. The van der Waals surface area contributed by atoms with Gasteiger partial charge in [0.2, 0.25) is 5.91 Å². The van der Waals surface area contributed by atoms with Gasteiger partial charge in [-0.25, -0.2) is 0 Å². The summed E-state index contributed by atoms with van der Waals surface area (Å²) in [5.74, 6) is 0.168. The van der Waals surface area contributed by atoms with Crippen LogP contribution in [0.15, 0.2) is 12.2 Å². The molecule has 0 aliphatic rings. The molecule has 0 atom stereocenters. The summed E-state index contributed by atoms with van der Waals surface area (Å²) in [5, 5.41) is 2.87. The van der Waals surface area contributed by atoms with Gasteiger partial charge in [-0.05, 0) is 19.8 Å². The zero-order valence-electron chi connectivity index (χ0n) is 8.10. The van der Waals surface area contributed by atoms with Gasteiger partial charge < -0.3 is 5.32 Å². The van der Waals surface area contributed by atoms with Crippen molar-refractivity contribution in [1.29, 1.82) is 0 Å². The SMILES string of the molecule is C/C=C/CCC(=O)NCCCC. The molecule has 0 bridgehead atoms. The van der Waals surface area contributed by atoms with Gasteiger partial charge in [0, 0.05) is 13.0 Å². The van der Waals surface area contributed by atoms with Crippen LogP contribution in [0.3, 0.4) is 0 Å². The molecule has 0 aromatic rings. The summed E-state index contributed by atoms with van der Waals surface area (Å²) >= 11 is 0. The number of rotatable bonds is 6. The number of unbranched alkanes of at least 4 members (excludes halogenated alkanes) is 1. The predicted molar refractivity (Wildman–Crippen MR) is 52.0 cm³/mol. The maximum atomic E-state index is 11.0. The van der Waals surface area contributed by atoms with Crippen molar-refractivity contribution >= 4 is 5.91 Å². The van der Waals surface area contributed by atoms with E-state index in [4.69, 9.17) is 0 Å². The lowest BCUT2D eigenvalue weighted by atomic mass is 10.2. The van der Waals surface area contributed by atoms with Crippen LogP contribution < -0.4 is 5.32 Å². The number of carbonyl (C=O) groups is 1. The van der Waals surface area contributed by atoms with E-state index in [2.05, 4.69) is 12.2 Å². The minimum absolute atomic E-state index is 0.168. The molecule has 2 nitrogen and oxygen atoms in total. The predicted octanol–water partition coefficient (Wildman–Crippen LogP) is 2.26. The zero-order chi connectivity index (χ0) is 9.23. The summed E-state index contributed by atoms with van der Waals surface area (Å²) in [4.78, 5) is 11.0. The van der Waals surface area contributed by atoms with E-state index in [1.807, 2.05) is 19.1 Å². The number of amides is 1. The second-order valence-electron chi connectivity index (χ2n) is 2.81. The van der Waals surface area contributed by atoms with E-state index < -0.39 is 0 Å². The van der Waals surface area contributed by atoms with E-state index in [0.717, 1.165) is 25.8 Å². The molecule has 0 saturated heterocycles. The number of carbonyl (C=O) groups excluding carboxylic acids is 1. The van der Waals surface area contributed by atoms with Gasteiger partial charge in [0.25, 0.3) is 0 Å². The van der Waals surface area contributed by atoms with Crippen LogP contribution in [0, 0.1) is 0 Å². The van der Waals surface area contributed by atoms with Crippen LogP contribution >= 0.6 is 0 Å². The zero-order valence-corrected chi connectivity index (χ0v) is 8.10. The van der Waals surface area contributed by atoms with Crippen molar-refractivity contribution in [3.8, 4) is 0 Å². The molecule has 0 rings (SSSR count). The number of allylic oxidation sites excluding steroid dienone is 2. The molecule has 0 aromatic carbocycles. The normalized spacial score (nSPS) is 10.5. The Bertz CT molecular complexity index is 141. The number of hydrogen-bond donors (Lipinski definition) is 1. The second kappa shape index (κ2) is 8.31. The third-order valence-electron chi connectivity index (χ3n) is 1.63. The van der Waals surface area contributed by atoms with Crippen LogP contribution in [0.25, 0.3) is 0 Å². The highest BCUT2D eigenvalue weighted by atomic mass is 16.1. The third kappa shape index (κ3) is 7.32. The highest BCUT2D eigenvalue weighted by Crippen LogP contribution is 1.91. The van der Waals surface area contributed by atoms with Gasteiger partial charge in [0.1, 0.15) is 0 Å². The first-order chi connectivity index (χ1) is 5.81. The molecular formula is C10H19NO. The Morgan fingerprint density at radius 1 is 1.50 bits per heavy atom. The van der Waals surface area contributed by atoms with E-state index in [1.54, 1.807) is 0 Å². The molecule has 1 amide bonds. The molecule has 0 heterocycles. The van der Waals surface area contributed by atoms with Gasteiger partial charge in [0.15, 0.2) is 0 Å². The van der Waals surface area contributed by atoms with Gasteiger partial charge >= 0.3 is 0 Å². The van der Waals surface area contributed by atoms with Crippen molar-refractivity contribution in [2.24, 2.45) is 0 Å². The van der Waals surface area contributed by atoms with Gasteiger partial charge in [-0.15, -0.1) is 0 Å². The molecule has 0 aliphatic carbocycles. The highest BCUT2D eigenvalue weighted by Gasteiger charge is 1.96. The Morgan fingerprint density at radius 2 is 2.25 bits per heavy atom. The summed E-state index contributed by atoms with van der Waals surface area (Å²) < 4.78 is 0. The quantitative estimate of drug-likeness (QED) is 0.479. The molecule has 1 N–H and O–H groups in total. The van der Waals surface area contributed by atoms with Crippen LogP contribution in [0.4, 0.5) is 0 Å². The van der Waals surface area contributed by atoms with E-state index >= 15 is 0 Å². The molecule has 2 heteroatoms. The Morgan fingerprint density at radius 3 is 2.83 bits per heavy atom. The lowest BCUT2D eigenvalue weighted by molar-refractivity contribution is -0.121. The minimum Gasteiger partial charge on any atom is -0.356 e. The third-order valence-corrected chi connectivity index (χ3v) is 1.63. The van der Waals surface area contributed by atoms with E-state index in [0.29, 0.717) is 6.42 Å². The maximum Gasteiger partial charge on any atom is 0.220 e. The van der Waals surface area contributed by atoms with Crippen molar-refractivity contribution in [2.45, 2.75) is 39.5 Å². The van der Waals surface area contributed by atoms with E-state index in [1.165, 1.54) is 0 Å². The monoisotopic (exact) mass is 169 g/mol. The maximum absolute atomic E-state index is 11.0. The van der Waals surface area contributed by atoms with E-state index in [9.17, 15) is 4.79 Å². The van der Waals surface area contributed by atoms with Crippen molar-refractivity contribution < 1.29 is 4.79 Å². The van der Waals surface area contributed by atoms with Gasteiger partial charge in [-0.3, -0.25) is 4.79 Å². The fourth-order valence-electron chi connectivity index (χ4n) is 0.874. The summed E-state index contributed by atoms with van der Waals surface area (Å²) in [5.41, 5.74) is 0. The van der Waals surface area contributed by atoms with Gasteiger partial charge in [0.05, 0.1) is 0 Å².